The number of halogens is 2. The summed E-state index contributed by atoms with van der Waals surface area (Å²) in [6.07, 6.45) is 0. The second kappa shape index (κ2) is 2.99. The van der Waals surface area contributed by atoms with Gasteiger partial charge in [-0.15, -0.1) is 4.13 Å². The maximum Gasteiger partial charge on any atom is 0.357 e. The van der Waals surface area contributed by atoms with Crippen LogP contribution in [0.3, 0.4) is 0 Å². The van der Waals surface area contributed by atoms with Crippen LogP contribution in [0.15, 0.2) is 0 Å². The van der Waals surface area contributed by atoms with Crippen LogP contribution in [-0.4, -0.2) is 22.1 Å². The average Bonchev–Trinajstić information content (AvgIpc) is 1.56. The Balaban J connectivity index is 4.79. The Morgan fingerprint density at radius 2 is 1.73 bits per heavy atom. The molecule has 0 fully saturated rings. The van der Waals surface area contributed by atoms with Crippen LogP contribution in [0.2, 0.25) is 0 Å². The molecule has 0 aromatic carbocycles. The third-order valence-electron chi connectivity index (χ3n) is 0.667. The van der Waals surface area contributed by atoms with Gasteiger partial charge in [-0.25, -0.2) is 16.8 Å². The van der Waals surface area contributed by atoms with Gasteiger partial charge in [0.05, 0.1) is 0 Å². The van der Waals surface area contributed by atoms with Crippen molar-refractivity contribution in [2.75, 3.05) is 0 Å². The fourth-order valence-electron chi connectivity index (χ4n) is 0.178. The summed E-state index contributed by atoms with van der Waals surface area (Å²) < 4.78 is 64.4. The van der Waals surface area contributed by atoms with Gasteiger partial charge in [0.25, 0.3) is 10.0 Å². The van der Waals surface area contributed by atoms with E-state index in [4.69, 9.17) is 0 Å². The maximum absolute atomic E-state index is 11.9. The lowest BCUT2D eigenvalue weighted by atomic mass is 10.9. The fraction of sp³-hybridized carbons (Fsp3) is 1.00. The van der Waals surface area contributed by atoms with Gasteiger partial charge < -0.3 is 0 Å². The Labute approximate surface area is 63.5 Å². The van der Waals surface area contributed by atoms with Crippen molar-refractivity contribution in [2.24, 2.45) is 0 Å². The first-order valence-electron chi connectivity index (χ1n) is 2.21. The third kappa shape index (κ3) is 3.08. The maximum atomic E-state index is 11.9. The lowest BCUT2D eigenvalue weighted by molar-refractivity contribution is 0.113. The predicted molar refractivity (Wildman–Crippen MR) is 33.0 cm³/mol. The third-order valence-corrected chi connectivity index (χ3v) is 3.17. The first-order chi connectivity index (χ1) is 4.67. The van der Waals surface area contributed by atoms with Gasteiger partial charge in [-0.3, -0.25) is 0 Å². The van der Waals surface area contributed by atoms with Crippen LogP contribution < -0.4 is 4.13 Å². The van der Waals surface area contributed by atoms with Crippen molar-refractivity contribution in [2.45, 2.75) is 12.2 Å². The number of nitrogens with one attached hydrogen (secondary N) is 1. The number of sulfonamides is 1. The number of hydrogen-bond acceptors (Lipinski definition) is 4. The highest BCUT2D eigenvalue weighted by atomic mass is 32.3. The Morgan fingerprint density at radius 1 is 1.36 bits per heavy atom. The Hall–Kier alpha value is -0.280. The van der Waals surface area contributed by atoms with Gasteiger partial charge in [0.2, 0.25) is 10.9 Å². The highest BCUT2D eigenvalue weighted by molar-refractivity contribution is 7.98. The molecule has 0 aliphatic carbocycles. The van der Waals surface area contributed by atoms with Gasteiger partial charge in [0.15, 0.2) is 0 Å². The summed E-state index contributed by atoms with van der Waals surface area (Å²) >= 11 is 0. The van der Waals surface area contributed by atoms with Gasteiger partial charge in [-0.1, -0.05) is 0 Å². The summed E-state index contributed by atoms with van der Waals surface area (Å²) in [4.78, 5) is 0. The number of alkyl halides is 2. The second-order valence-corrected chi connectivity index (χ2v) is 4.63. The topological polar surface area (TPSA) is 80.3 Å². The Morgan fingerprint density at radius 3 is 1.82 bits per heavy atom. The summed E-state index contributed by atoms with van der Waals surface area (Å²) in [5, 5.41) is -4.09. The molecule has 0 bridgehead atoms. The highest BCUT2D eigenvalue weighted by Crippen LogP contribution is 2.18. The van der Waals surface area contributed by atoms with E-state index in [0.29, 0.717) is 0 Å². The minimum absolute atomic E-state index is 0.0775. The van der Waals surface area contributed by atoms with Crippen LogP contribution in [0.4, 0.5) is 8.78 Å². The van der Waals surface area contributed by atoms with Crippen LogP contribution in [0, 0.1) is 0 Å². The first kappa shape index (κ1) is 10.7. The molecule has 0 unspecified atom stereocenters. The van der Waals surface area contributed by atoms with E-state index in [9.17, 15) is 25.6 Å². The van der Waals surface area contributed by atoms with E-state index in [1.165, 1.54) is 0 Å². The van der Waals surface area contributed by atoms with Crippen molar-refractivity contribution in [1.29, 1.82) is 0 Å². The molecule has 0 aromatic heterocycles. The molecule has 0 aliphatic heterocycles. The van der Waals surface area contributed by atoms with Gasteiger partial charge >= 0.3 is 5.25 Å². The van der Waals surface area contributed by atoms with E-state index in [2.05, 4.69) is 0 Å². The smallest absolute Gasteiger partial charge is 0.215 e. The predicted octanol–water partition coefficient (Wildman–Crippen LogP) is -0.955. The summed E-state index contributed by atoms with van der Waals surface area (Å²) in [5.41, 5.74) is 0. The van der Waals surface area contributed by atoms with E-state index < -0.39 is 26.2 Å². The minimum Gasteiger partial charge on any atom is -0.215 e. The molecule has 0 rings (SSSR count). The molecule has 0 amide bonds. The number of rotatable bonds is 3. The number of hydrogen-bond donors (Lipinski definition) is 2. The number of thiol groups is 1. The molecule has 1 N–H and O–H groups in total. The van der Waals surface area contributed by atoms with E-state index in [1.54, 1.807) is 0 Å². The van der Waals surface area contributed by atoms with Gasteiger partial charge in [0.1, 0.15) is 0 Å². The molecule has 9 heteroatoms. The molecule has 0 heterocycles. The van der Waals surface area contributed by atoms with Crippen molar-refractivity contribution in [3.8, 4) is 0 Å². The molecular formula is C2H5F2NO4S2. The SMILES string of the molecule is CC(F)(F)S(=O)(=O)N[SH](=O)=O. The minimum atomic E-state index is -5.08. The van der Waals surface area contributed by atoms with Crippen LogP contribution in [0.1, 0.15) is 6.92 Å². The normalized spacial score (nSPS) is 13.8. The molecule has 0 saturated heterocycles. The summed E-state index contributed by atoms with van der Waals surface area (Å²) in [6, 6.07) is 0. The van der Waals surface area contributed by atoms with Crippen molar-refractivity contribution in [3.05, 3.63) is 0 Å². The van der Waals surface area contributed by atoms with Crippen molar-refractivity contribution >= 4 is 20.9 Å². The zero-order valence-electron chi connectivity index (χ0n) is 5.24. The van der Waals surface area contributed by atoms with Gasteiger partial charge in [-0.05, 0) is 0 Å². The monoisotopic (exact) mass is 209 g/mol. The quantitative estimate of drug-likeness (QED) is 0.587. The Kier molecular flexibility index (Phi) is 2.91. The molecule has 0 aliphatic rings. The molecule has 0 spiro atoms. The summed E-state index contributed by atoms with van der Waals surface area (Å²) in [6.45, 7) is 0.0775. The zero-order chi connectivity index (χ0) is 9.28. The highest BCUT2D eigenvalue weighted by Gasteiger charge is 2.39. The molecular weight excluding hydrogens is 204 g/mol. The van der Waals surface area contributed by atoms with E-state index in [0.717, 1.165) is 4.13 Å². The zero-order valence-corrected chi connectivity index (χ0v) is 6.96. The first-order valence-corrected chi connectivity index (χ1v) is 4.87. The lowest BCUT2D eigenvalue weighted by Crippen LogP contribution is -2.36. The molecule has 0 aromatic rings. The molecule has 0 atom stereocenters. The standard InChI is InChI=1S/C2H5F2NO4S2/c1-2(3,4)11(8,9)5-10(6)7/h10H,1H3,(H,5,6,7). The van der Waals surface area contributed by atoms with Crippen LogP contribution >= 0.6 is 0 Å². The molecule has 68 valence electrons. The van der Waals surface area contributed by atoms with Crippen molar-refractivity contribution in [1.82, 2.24) is 4.13 Å². The van der Waals surface area contributed by atoms with Crippen molar-refractivity contribution in [3.63, 3.8) is 0 Å². The molecule has 5 nitrogen and oxygen atoms in total. The van der Waals surface area contributed by atoms with E-state index in [-0.39, 0.29) is 6.92 Å². The molecule has 11 heavy (non-hydrogen) atoms. The van der Waals surface area contributed by atoms with E-state index in [1.807, 2.05) is 0 Å². The van der Waals surface area contributed by atoms with Gasteiger partial charge in [-0.2, -0.15) is 8.78 Å². The lowest BCUT2D eigenvalue weighted by Gasteiger charge is -2.07. The van der Waals surface area contributed by atoms with E-state index >= 15 is 0 Å². The largest absolute Gasteiger partial charge is 0.357 e. The fourth-order valence-corrected chi connectivity index (χ4v) is 1.60. The Bertz CT molecular complexity index is 291. The average molecular weight is 209 g/mol. The summed E-state index contributed by atoms with van der Waals surface area (Å²) in [7, 11) is -8.65. The molecule has 0 radical (unpaired) electrons. The molecule has 0 saturated carbocycles. The van der Waals surface area contributed by atoms with Gasteiger partial charge in [0, 0.05) is 6.92 Å². The van der Waals surface area contributed by atoms with Crippen LogP contribution in [0.5, 0.6) is 0 Å². The van der Waals surface area contributed by atoms with Crippen molar-refractivity contribution < 1.29 is 25.6 Å². The van der Waals surface area contributed by atoms with Crippen LogP contribution in [-0.2, 0) is 20.9 Å². The summed E-state index contributed by atoms with van der Waals surface area (Å²) in [5.74, 6) is 0. The van der Waals surface area contributed by atoms with Crippen LogP contribution in [0.25, 0.3) is 0 Å². The second-order valence-electron chi connectivity index (χ2n) is 1.66.